The van der Waals surface area contributed by atoms with Gasteiger partial charge in [-0.05, 0) is 12.1 Å². The largest absolute Gasteiger partial charge is 0.378 e. The lowest BCUT2D eigenvalue weighted by molar-refractivity contribution is 0.0398. The Balaban J connectivity index is 1.75. The molecule has 0 atom stereocenters. The molecule has 1 aromatic heterocycles. The minimum Gasteiger partial charge on any atom is -0.378 e. The molecule has 2 aliphatic heterocycles. The molecule has 3 heterocycles. The molecule has 0 spiro atoms. The molecule has 21 heavy (non-hydrogen) atoms. The quantitative estimate of drug-likeness (QED) is 0.613. The van der Waals surface area contributed by atoms with Crippen LogP contribution in [0.1, 0.15) is 0 Å². The predicted octanol–water partition coefficient (Wildman–Crippen LogP) is 0.602. The van der Waals surface area contributed by atoms with Crippen LogP contribution in [0.4, 0.5) is 5.69 Å². The molecule has 1 aromatic carbocycles. The lowest BCUT2D eigenvalue weighted by Gasteiger charge is -2.22. The Bertz CT molecular complexity index is 834. The van der Waals surface area contributed by atoms with E-state index in [-0.39, 0.29) is 0 Å². The van der Waals surface area contributed by atoms with Crippen molar-refractivity contribution in [3.05, 3.63) is 47.2 Å². The highest BCUT2D eigenvalue weighted by molar-refractivity contribution is 5.79. The lowest BCUT2D eigenvalue weighted by atomic mass is 10.1. The first-order valence-electron chi connectivity index (χ1n) is 7.01. The van der Waals surface area contributed by atoms with E-state index in [2.05, 4.69) is 27.0 Å². The van der Waals surface area contributed by atoms with Crippen molar-refractivity contribution in [3.8, 4) is 11.1 Å². The van der Waals surface area contributed by atoms with E-state index < -0.39 is 0 Å². The Labute approximate surface area is 121 Å². The van der Waals surface area contributed by atoms with Crippen molar-refractivity contribution in [2.45, 2.75) is 0 Å². The number of aromatic nitrogens is 1. The summed E-state index contributed by atoms with van der Waals surface area (Å²) in [5.41, 5.74) is 3.24. The Morgan fingerprint density at radius 3 is 2.90 bits per heavy atom. The number of ether oxygens (including phenoxy) is 1. The smallest absolute Gasteiger partial charge is 0.127 e. The van der Waals surface area contributed by atoms with Crippen molar-refractivity contribution in [2.24, 2.45) is 10.1 Å². The van der Waals surface area contributed by atoms with Crippen LogP contribution in [0.5, 0.6) is 0 Å². The van der Waals surface area contributed by atoms with Crippen LogP contribution in [0.3, 0.4) is 0 Å². The highest BCUT2D eigenvalue weighted by Crippen LogP contribution is 2.30. The van der Waals surface area contributed by atoms with E-state index in [9.17, 15) is 0 Å². The zero-order chi connectivity index (χ0) is 14.1. The highest BCUT2D eigenvalue weighted by Gasteiger charge is 2.12. The van der Waals surface area contributed by atoms with Crippen LogP contribution < -0.4 is 10.7 Å². The number of hydrogen-bond acceptors (Lipinski definition) is 5. The number of para-hydroxylation sites is 1. The van der Waals surface area contributed by atoms with Crippen molar-refractivity contribution in [3.63, 3.8) is 0 Å². The first-order valence-corrected chi connectivity index (χ1v) is 7.01. The molecule has 1 saturated heterocycles. The van der Waals surface area contributed by atoms with E-state index in [0.717, 1.165) is 53.8 Å². The van der Waals surface area contributed by atoms with Gasteiger partial charge in [0.05, 0.1) is 43.5 Å². The topological polar surface area (TPSA) is 50.1 Å². The third-order valence-electron chi connectivity index (χ3n) is 3.61. The average molecular weight is 278 g/mol. The molecular weight excluding hydrogens is 264 g/mol. The van der Waals surface area contributed by atoms with Crippen LogP contribution in [0.15, 0.2) is 46.6 Å². The zero-order valence-corrected chi connectivity index (χ0v) is 11.5. The van der Waals surface area contributed by atoms with Gasteiger partial charge in [0.15, 0.2) is 0 Å². The molecule has 4 rings (SSSR count). The highest BCUT2D eigenvalue weighted by atomic mass is 16.5. The van der Waals surface area contributed by atoms with Gasteiger partial charge in [-0.3, -0.25) is 5.01 Å². The first kappa shape index (κ1) is 12.3. The average Bonchev–Trinajstić information content (AvgIpc) is 2.92. The van der Waals surface area contributed by atoms with Gasteiger partial charge in [-0.2, -0.15) is 0 Å². The van der Waals surface area contributed by atoms with Crippen molar-refractivity contribution >= 4 is 11.6 Å². The summed E-state index contributed by atoms with van der Waals surface area (Å²) in [6.45, 7) is 3.04. The van der Waals surface area contributed by atoms with Gasteiger partial charge >= 0.3 is 0 Å². The third-order valence-corrected chi connectivity index (χ3v) is 3.61. The molecule has 0 amide bonds. The molecule has 2 aromatic rings. The second kappa shape index (κ2) is 5.13. The first-order chi connectivity index (χ1) is 10.4. The normalized spacial score (nSPS) is 15.7. The molecule has 0 radical (unpaired) electrons. The van der Waals surface area contributed by atoms with Crippen molar-refractivity contribution in [2.75, 3.05) is 26.3 Å². The molecule has 0 unspecified atom stereocenters. The van der Waals surface area contributed by atoms with Gasteiger partial charge in [-0.25, -0.2) is 9.98 Å². The van der Waals surface area contributed by atoms with E-state index in [1.807, 2.05) is 29.3 Å². The van der Waals surface area contributed by atoms with Crippen molar-refractivity contribution in [1.29, 1.82) is 0 Å². The zero-order valence-electron chi connectivity index (χ0n) is 11.5. The minimum absolute atomic E-state index is 0.717. The SMILES string of the molecule is C(=NN1CCOCC1)=c1cc2c(cn1)=Nc1ccccc1-2. The number of morpholine rings is 1. The molecule has 0 N–H and O–H groups in total. The van der Waals surface area contributed by atoms with E-state index >= 15 is 0 Å². The minimum atomic E-state index is 0.717. The van der Waals surface area contributed by atoms with Crippen LogP contribution in [-0.2, 0) is 4.74 Å². The van der Waals surface area contributed by atoms with Crippen LogP contribution in [0, 0.1) is 0 Å². The van der Waals surface area contributed by atoms with Crippen LogP contribution in [0.2, 0.25) is 0 Å². The van der Waals surface area contributed by atoms with Crippen LogP contribution in [0.25, 0.3) is 11.1 Å². The molecule has 1 fully saturated rings. The fourth-order valence-electron chi connectivity index (χ4n) is 2.52. The van der Waals surface area contributed by atoms with Crippen molar-refractivity contribution in [1.82, 2.24) is 9.99 Å². The maximum atomic E-state index is 5.29. The van der Waals surface area contributed by atoms with Gasteiger partial charge < -0.3 is 4.74 Å². The summed E-state index contributed by atoms with van der Waals surface area (Å²) in [5.74, 6) is 3.02. The number of hydrogen-bond donors (Lipinski definition) is 0. The number of hydrazone groups is 1. The molecular formula is C16H14N4O. The maximum Gasteiger partial charge on any atom is 0.127 e. The Kier molecular flexibility index (Phi) is 2.99. The van der Waals surface area contributed by atoms with Gasteiger partial charge in [0, 0.05) is 17.0 Å². The molecule has 2 aliphatic rings. The molecule has 0 bridgehead atoms. The molecule has 5 heteroatoms. The monoisotopic (exact) mass is 278 g/mol. The maximum absolute atomic E-state index is 5.29. The molecule has 104 valence electrons. The Morgan fingerprint density at radius 2 is 2.00 bits per heavy atom. The molecule has 5 nitrogen and oxygen atoms in total. The molecule has 0 aliphatic carbocycles. The number of fused-ring (bicyclic) bond motifs is 3. The van der Waals surface area contributed by atoms with E-state index in [0.29, 0.717) is 0 Å². The summed E-state index contributed by atoms with van der Waals surface area (Å²) >= 11 is 0. The Morgan fingerprint density at radius 1 is 1.14 bits per heavy atom. The van der Waals surface area contributed by atoms with E-state index in [1.54, 1.807) is 6.20 Å². The number of nitrogens with zero attached hydrogens (tertiary/aromatic N) is 4. The molecule has 0 saturated carbocycles. The second-order valence-electron chi connectivity index (χ2n) is 4.99. The van der Waals surface area contributed by atoms with Crippen molar-refractivity contribution < 1.29 is 4.74 Å². The number of rotatable bonds is 1. The van der Waals surface area contributed by atoms with Gasteiger partial charge in [0.1, 0.15) is 5.35 Å². The van der Waals surface area contributed by atoms with Crippen LogP contribution in [-0.4, -0.2) is 42.2 Å². The van der Waals surface area contributed by atoms with Gasteiger partial charge in [-0.15, -0.1) is 5.10 Å². The lowest BCUT2D eigenvalue weighted by Crippen LogP contribution is -2.32. The third kappa shape index (κ3) is 2.33. The van der Waals surface area contributed by atoms with Gasteiger partial charge in [0.25, 0.3) is 0 Å². The summed E-state index contributed by atoms with van der Waals surface area (Å²) in [6.07, 6.45) is 1.78. The number of pyridine rings is 1. The second-order valence-corrected chi connectivity index (χ2v) is 4.99. The number of benzene rings is 1. The summed E-state index contributed by atoms with van der Waals surface area (Å²) in [7, 11) is 0. The predicted molar refractivity (Wildman–Crippen MR) is 79.0 cm³/mol. The van der Waals surface area contributed by atoms with Crippen LogP contribution >= 0.6 is 0 Å². The van der Waals surface area contributed by atoms with E-state index in [1.165, 1.54) is 0 Å². The summed E-state index contributed by atoms with van der Waals surface area (Å²) in [6, 6.07) is 10.1. The fourth-order valence-corrected chi connectivity index (χ4v) is 2.52. The van der Waals surface area contributed by atoms with Gasteiger partial charge in [0.2, 0.25) is 0 Å². The summed E-state index contributed by atoms with van der Waals surface area (Å²) in [5, 5.41) is 7.94. The summed E-state index contributed by atoms with van der Waals surface area (Å²) in [4.78, 5) is 8.92. The standard InChI is InChI=1S/C16H14N4O/c1-2-4-15-13(3-1)14-9-12(17-11-16(14)19-15)10-18-20-5-7-21-8-6-20/h1-4,9,11H,5-8H2. The van der Waals surface area contributed by atoms with Gasteiger partial charge in [-0.1, -0.05) is 18.2 Å². The Hall–Kier alpha value is -2.49. The van der Waals surface area contributed by atoms with E-state index in [4.69, 9.17) is 4.74 Å². The summed E-state index contributed by atoms with van der Waals surface area (Å²) < 4.78 is 5.29. The fraction of sp³-hybridized carbons (Fsp3) is 0.250.